The van der Waals surface area contributed by atoms with Gasteiger partial charge in [0, 0.05) is 12.1 Å². The molecule has 1 N–H and O–H groups in total. The van der Waals surface area contributed by atoms with Gasteiger partial charge in [0.2, 0.25) is 0 Å². The van der Waals surface area contributed by atoms with Crippen molar-refractivity contribution in [2.45, 2.75) is 13.5 Å². The lowest BCUT2D eigenvalue weighted by Gasteiger charge is -2.13. The molecule has 0 unspecified atom stereocenters. The summed E-state index contributed by atoms with van der Waals surface area (Å²) in [7, 11) is 1.63. The monoisotopic (exact) mass is 337 g/mol. The van der Waals surface area contributed by atoms with E-state index in [1.54, 1.807) is 19.2 Å². The molecule has 2 rings (SSSR count). The van der Waals surface area contributed by atoms with E-state index in [4.69, 9.17) is 4.74 Å². The quantitative estimate of drug-likeness (QED) is 0.874. The van der Waals surface area contributed by atoms with Crippen molar-refractivity contribution in [1.82, 2.24) is 5.32 Å². The van der Waals surface area contributed by atoms with Gasteiger partial charge >= 0.3 is 0 Å². The molecule has 4 heteroatoms. The van der Waals surface area contributed by atoms with Gasteiger partial charge in [0.1, 0.15) is 11.6 Å². The van der Waals surface area contributed by atoms with Crippen molar-refractivity contribution in [3.63, 3.8) is 0 Å². The van der Waals surface area contributed by atoms with Crippen LogP contribution in [-0.2, 0) is 6.54 Å². The fraction of sp³-hybridized carbons (Fsp3) is 0.250. The van der Waals surface area contributed by atoms with Crippen LogP contribution >= 0.6 is 15.9 Å². The van der Waals surface area contributed by atoms with Crippen molar-refractivity contribution in [3.8, 4) is 16.9 Å². The molecule has 0 radical (unpaired) electrons. The summed E-state index contributed by atoms with van der Waals surface area (Å²) in [6.07, 6.45) is 0. The molecule has 0 spiro atoms. The molecule has 0 aliphatic rings. The lowest BCUT2D eigenvalue weighted by Crippen LogP contribution is -2.12. The lowest BCUT2D eigenvalue weighted by molar-refractivity contribution is 0.414. The predicted octanol–water partition coefficient (Wildman–Crippen LogP) is 4.37. The molecular weight excluding hydrogens is 321 g/mol. The molecule has 20 heavy (non-hydrogen) atoms. The number of nitrogens with one attached hydrogen (secondary N) is 1. The zero-order valence-corrected chi connectivity index (χ0v) is 13.1. The molecule has 0 atom stereocenters. The standard InChI is InChI=1S/C16H17BrFNO/c1-3-19-10-11-9-12(20-2)7-8-13(11)14-5-4-6-15(17)16(14)18/h4-9,19H,3,10H2,1-2H3. The summed E-state index contributed by atoms with van der Waals surface area (Å²) in [5.74, 6) is 0.535. The van der Waals surface area contributed by atoms with Gasteiger partial charge in [0.25, 0.3) is 0 Å². The third kappa shape index (κ3) is 3.19. The molecule has 0 fully saturated rings. The van der Waals surface area contributed by atoms with Gasteiger partial charge in [-0.15, -0.1) is 0 Å². The van der Waals surface area contributed by atoms with Crippen LogP contribution in [0.2, 0.25) is 0 Å². The minimum atomic E-state index is -0.240. The Hall–Kier alpha value is -1.39. The Kier molecular flexibility index (Phi) is 5.15. The van der Waals surface area contributed by atoms with Gasteiger partial charge in [0.15, 0.2) is 0 Å². The first-order valence-electron chi connectivity index (χ1n) is 6.49. The fourth-order valence-corrected chi connectivity index (χ4v) is 2.44. The minimum Gasteiger partial charge on any atom is -0.497 e. The highest BCUT2D eigenvalue weighted by atomic mass is 79.9. The van der Waals surface area contributed by atoms with E-state index in [0.29, 0.717) is 16.6 Å². The molecule has 0 saturated carbocycles. The van der Waals surface area contributed by atoms with E-state index in [1.807, 2.05) is 31.2 Å². The number of hydrogen-bond acceptors (Lipinski definition) is 2. The Morgan fingerprint density at radius 2 is 2.00 bits per heavy atom. The van der Waals surface area contributed by atoms with E-state index < -0.39 is 0 Å². The Labute approximate surface area is 127 Å². The average molecular weight is 338 g/mol. The van der Waals surface area contributed by atoms with Crippen LogP contribution in [0.3, 0.4) is 0 Å². The molecule has 0 aliphatic heterocycles. The predicted molar refractivity (Wildman–Crippen MR) is 83.5 cm³/mol. The molecule has 0 aliphatic carbocycles. The molecule has 2 aromatic rings. The van der Waals surface area contributed by atoms with Crippen molar-refractivity contribution in [3.05, 3.63) is 52.3 Å². The zero-order valence-electron chi connectivity index (χ0n) is 11.5. The van der Waals surface area contributed by atoms with Crippen molar-refractivity contribution >= 4 is 15.9 Å². The van der Waals surface area contributed by atoms with Crippen LogP contribution < -0.4 is 10.1 Å². The van der Waals surface area contributed by atoms with Crippen LogP contribution in [0, 0.1) is 5.82 Å². The number of hydrogen-bond donors (Lipinski definition) is 1. The van der Waals surface area contributed by atoms with Gasteiger partial charge in [-0.05, 0) is 51.8 Å². The molecule has 0 heterocycles. The fourth-order valence-electron chi connectivity index (χ4n) is 2.08. The Bertz CT molecular complexity index is 601. The van der Waals surface area contributed by atoms with Crippen LogP contribution in [0.5, 0.6) is 5.75 Å². The summed E-state index contributed by atoms with van der Waals surface area (Å²) < 4.78 is 20.0. The number of methoxy groups -OCH3 is 1. The maximum atomic E-state index is 14.3. The van der Waals surface area contributed by atoms with Crippen molar-refractivity contribution in [1.29, 1.82) is 0 Å². The van der Waals surface area contributed by atoms with Gasteiger partial charge < -0.3 is 10.1 Å². The van der Waals surface area contributed by atoms with E-state index in [2.05, 4.69) is 21.2 Å². The summed E-state index contributed by atoms with van der Waals surface area (Å²) in [4.78, 5) is 0. The number of halogens is 2. The maximum Gasteiger partial charge on any atom is 0.145 e. The molecule has 0 amide bonds. The van der Waals surface area contributed by atoms with Gasteiger partial charge in [-0.1, -0.05) is 25.1 Å². The van der Waals surface area contributed by atoms with Crippen LogP contribution in [0.4, 0.5) is 4.39 Å². The number of ether oxygens (including phenoxy) is 1. The third-order valence-electron chi connectivity index (χ3n) is 3.12. The summed E-state index contributed by atoms with van der Waals surface area (Å²) >= 11 is 3.23. The second-order valence-corrected chi connectivity index (χ2v) is 5.26. The molecule has 0 saturated heterocycles. The van der Waals surface area contributed by atoms with E-state index in [0.717, 1.165) is 23.4 Å². The summed E-state index contributed by atoms with van der Waals surface area (Å²) in [5.41, 5.74) is 2.49. The summed E-state index contributed by atoms with van der Waals surface area (Å²) in [6.45, 7) is 3.58. The Morgan fingerprint density at radius 3 is 2.70 bits per heavy atom. The smallest absolute Gasteiger partial charge is 0.145 e. The summed E-state index contributed by atoms with van der Waals surface area (Å²) in [5, 5.41) is 3.27. The van der Waals surface area contributed by atoms with Crippen LogP contribution in [0.25, 0.3) is 11.1 Å². The summed E-state index contributed by atoms with van der Waals surface area (Å²) in [6, 6.07) is 11.0. The number of rotatable bonds is 5. The third-order valence-corrected chi connectivity index (χ3v) is 3.73. The van der Waals surface area contributed by atoms with E-state index >= 15 is 0 Å². The van der Waals surface area contributed by atoms with E-state index in [9.17, 15) is 4.39 Å². The maximum absolute atomic E-state index is 14.3. The minimum absolute atomic E-state index is 0.240. The SMILES string of the molecule is CCNCc1cc(OC)ccc1-c1cccc(Br)c1F. The Morgan fingerprint density at radius 1 is 1.20 bits per heavy atom. The highest BCUT2D eigenvalue weighted by molar-refractivity contribution is 9.10. The zero-order chi connectivity index (χ0) is 14.5. The number of benzene rings is 2. The topological polar surface area (TPSA) is 21.3 Å². The second kappa shape index (κ2) is 6.86. The molecule has 0 bridgehead atoms. The van der Waals surface area contributed by atoms with Crippen LogP contribution in [0.15, 0.2) is 40.9 Å². The highest BCUT2D eigenvalue weighted by Gasteiger charge is 2.12. The highest BCUT2D eigenvalue weighted by Crippen LogP contribution is 2.32. The van der Waals surface area contributed by atoms with Crippen LogP contribution in [-0.4, -0.2) is 13.7 Å². The van der Waals surface area contributed by atoms with Gasteiger partial charge in [-0.25, -0.2) is 4.39 Å². The van der Waals surface area contributed by atoms with Crippen molar-refractivity contribution in [2.75, 3.05) is 13.7 Å². The van der Waals surface area contributed by atoms with E-state index in [-0.39, 0.29) is 5.82 Å². The van der Waals surface area contributed by atoms with Gasteiger partial charge in [-0.2, -0.15) is 0 Å². The molecular formula is C16H17BrFNO. The van der Waals surface area contributed by atoms with E-state index in [1.165, 1.54) is 0 Å². The molecule has 0 aromatic heterocycles. The molecule has 106 valence electrons. The largest absolute Gasteiger partial charge is 0.497 e. The Balaban J connectivity index is 2.51. The first-order chi connectivity index (χ1) is 9.67. The first kappa shape index (κ1) is 15.0. The lowest BCUT2D eigenvalue weighted by atomic mass is 9.98. The molecule has 2 aromatic carbocycles. The van der Waals surface area contributed by atoms with Crippen molar-refractivity contribution in [2.24, 2.45) is 0 Å². The first-order valence-corrected chi connectivity index (χ1v) is 7.28. The molecule has 2 nitrogen and oxygen atoms in total. The normalized spacial score (nSPS) is 10.6. The van der Waals surface area contributed by atoms with Gasteiger partial charge in [0.05, 0.1) is 11.6 Å². The van der Waals surface area contributed by atoms with Gasteiger partial charge in [-0.3, -0.25) is 0 Å². The average Bonchev–Trinajstić information content (AvgIpc) is 2.48. The van der Waals surface area contributed by atoms with Crippen molar-refractivity contribution < 1.29 is 9.13 Å². The van der Waals surface area contributed by atoms with Crippen LogP contribution in [0.1, 0.15) is 12.5 Å². The second-order valence-electron chi connectivity index (χ2n) is 4.40.